The number of hydrogen-bond acceptors (Lipinski definition) is 7. The van der Waals surface area contributed by atoms with Crippen molar-refractivity contribution in [1.82, 2.24) is 20.2 Å². The van der Waals surface area contributed by atoms with E-state index in [0.29, 0.717) is 41.3 Å². The topological polar surface area (TPSA) is 121 Å². The molecule has 0 saturated carbocycles. The highest BCUT2D eigenvalue weighted by Gasteiger charge is 2.12. The predicted octanol–water partition coefficient (Wildman–Crippen LogP) is 3.56. The van der Waals surface area contributed by atoms with E-state index < -0.39 is 0 Å². The predicted molar refractivity (Wildman–Crippen MR) is 114 cm³/mol. The Morgan fingerprint density at radius 3 is 2.80 bits per heavy atom. The van der Waals surface area contributed by atoms with Crippen molar-refractivity contribution in [2.24, 2.45) is 0 Å². The highest BCUT2D eigenvalue weighted by molar-refractivity contribution is 5.89. The highest BCUT2D eigenvalue weighted by Crippen LogP contribution is 2.30. The SMILES string of the molecule is [C-]#[N+]c1c(C)cc(Nc2cc(C)[nH]n2)nc1NCCOc1cccnc1NC(C)=O. The minimum absolute atomic E-state index is 0.227. The minimum Gasteiger partial charge on any atom is -0.488 e. The molecule has 0 saturated heterocycles. The van der Waals surface area contributed by atoms with Gasteiger partial charge in [-0.3, -0.25) is 9.89 Å². The van der Waals surface area contributed by atoms with E-state index in [4.69, 9.17) is 11.3 Å². The fraction of sp³-hybridized carbons (Fsp3) is 0.250. The average molecular weight is 406 g/mol. The molecule has 10 heteroatoms. The lowest BCUT2D eigenvalue weighted by Gasteiger charge is -2.14. The van der Waals surface area contributed by atoms with Crippen LogP contribution >= 0.6 is 0 Å². The maximum absolute atomic E-state index is 11.3. The average Bonchev–Trinajstić information content (AvgIpc) is 3.10. The molecule has 4 N–H and O–H groups in total. The molecule has 0 aliphatic rings. The zero-order chi connectivity index (χ0) is 21.5. The Hall–Kier alpha value is -4.13. The van der Waals surface area contributed by atoms with Gasteiger partial charge >= 0.3 is 0 Å². The number of aromatic nitrogens is 4. The Bertz CT molecular complexity index is 1090. The summed E-state index contributed by atoms with van der Waals surface area (Å²) in [6, 6.07) is 7.11. The summed E-state index contributed by atoms with van der Waals surface area (Å²) in [4.78, 5) is 23.5. The van der Waals surface area contributed by atoms with Crippen molar-refractivity contribution < 1.29 is 9.53 Å². The number of nitrogens with one attached hydrogen (secondary N) is 4. The number of pyridine rings is 2. The fourth-order valence-corrected chi connectivity index (χ4v) is 2.71. The quantitative estimate of drug-likeness (QED) is 0.333. The first-order valence-electron chi connectivity index (χ1n) is 9.23. The molecule has 0 spiro atoms. The van der Waals surface area contributed by atoms with Crippen LogP contribution in [0.1, 0.15) is 18.2 Å². The monoisotopic (exact) mass is 406 g/mol. The molecule has 3 rings (SSSR count). The number of amides is 1. The highest BCUT2D eigenvalue weighted by atomic mass is 16.5. The van der Waals surface area contributed by atoms with E-state index in [9.17, 15) is 4.79 Å². The summed E-state index contributed by atoms with van der Waals surface area (Å²) in [5.41, 5.74) is 2.16. The lowest BCUT2D eigenvalue weighted by atomic mass is 10.2. The van der Waals surface area contributed by atoms with Gasteiger partial charge in [0.15, 0.2) is 17.4 Å². The molecule has 10 nitrogen and oxygen atoms in total. The number of aromatic amines is 1. The third-order valence-corrected chi connectivity index (χ3v) is 3.97. The summed E-state index contributed by atoms with van der Waals surface area (Å²) >= 11 is 0. The Labute approximate surface area is 173 Å². The van der Waals surface area contributed by atoms with Gasteiger partial charge in [0, 0.05) is 31.4 Å². The first-order valence-corrected chi connectivity index (χ1v) is 9.23. The van der Waals surface area contributed by atoms with Crippen LogP contribution in [-0.2, 0) is 4.79 Å². The summed E-state index contributed by atoms with van der Waals surface area (Å²) in [5.74, 6) is 2.28. The van der Waals surface area contributed by atoms with Gasteiger partial charge in [-0.25, -0.2) is 14.8 Å². The molecule has 0 unspecified atom stereocenters. The maximum Gasteiger partial charge on any atom is 0.231 e. The second-order valence-corrected chi connectivity index (χ2v) is 6.50. The molecule has 0 aromatic carbocycles. The smallest absolute Gasteiger partial charge is 0.231 e. The second kappa shape index (κ2) is 9.38. The molecule has 0 radical (unpaired) electrons. The van der Waals surface area contributed by atoms with E-state index in [-0.39, 0.29) is 12.5 Å². The second-order valence-electron chi connectivity index (χ2n) is 6.50. The van der Waals surface area contributed by atoms with Gasteiger partial charge in [0.05, 0.1) is 6.57 Å². The molecule has 3 aromatic heterocycles. The third kappa shape index (κ3) is 5.23. The summed E-state index contributed by atoms with van der Waals surface area (Å²) < 4.78 is 5.72. The van der Waals surface area contributed by atoms with Gasteiger partial charge in [-0.1, -0.05) is 0 Å². The molecule has 0 aliphatic heterocycles. The molecule has 0 fully saturated rings. The number of hydrogen-bond donors (Lipinski definition) is 4. The van der Waals surface area contributed by atoms with E-state index in [1.165, 1.54) is 6.92 Å². The maximum atomic E-state index is 11.3. The lowest BCUT2D eigenvalue weighted by Crippen LogP contribution is -2.15. The van der Waals surface area contributed by atoms with Crippen LogP contribution in [0, 0.1) is 20.4 Å². The van der Waals surface area contributed by atoms with Crippen molar-refractivity contribution in [3.63, 3.8) is 0 Å². The van der Waals surface area contributed by atoms with Crippen LogP contribution in [0.2, 0.25) is 0 Å². The van der Waals surface area contributed by atoms with E-state index in [2.05, 4.69) is 41.0 Å². The number of nitrogens with zero attached hydrogens (tertiary/aromatic N) is 4. The third-order valence-electron chi connectivity index (χ3n) is 3.97. The normalized spacial score (nSPS) is 10.2. The van der Waals surface area contributed by atoms with E-state index >= 15 is 0 Å². The summed E-state index contributed by atoms with van der Waals surface area (Å²) in [7, 11) is 0. The number of H-pyrrole nitrogens is 1. The van der Waals surface area contributed by atoms with Crippen molar-refractivity contribution in [3.8, 4) is 5.75 Å². The molecule has 0 bridgehead atoms. The molecule has 1 amide bonds. The Morgan fingerprint density at radius 2 is 2.10 bits per heavy atom. The largest absolute Gasteiger partial charge is 0.488 e. The van der Waals surface area contributed by atoms with Crippen molar-refractivity contribution in [3.05, 3.63) is 53.1 Å². The Balaban J connectivity index is 1.66. The number of ether oxygens (including phenoxy) is 1. The summed E-state index contributed by atoms with van der Waals surface area (Å²) in [6.07, 6.45) is 1.57. The Morgan fingerprint density at radius 1 is 1.27 bits per heavy atom. The van der Waals surface area contributed by atoms with Gasteiger partial charge in [-0.05, 0) is 37.6 Å². The molecule has 3 heterocycles. The molecule has 3 aromatic rings. The van der Waals surface area contributed by atoms with Crippen molar-refractivity contribution in [2.45, 2.75) is 20.8 Å². The summed E-state index contributed by atoms with van der Waals surface area (Å²) in [5, 5.41) is 15.9. The van der Waals surface area contributed by atoms with Gasteiger partial charge in [0.1, 0.15) is 18.2 Å². The van der Waals surface area contributed by atoms with Crippen LogP contribution in [-0.4, -0.2) is 39.2 Å². The van der Waals surface area contributed by atoms with Crippen molar-refractivity contribution in [2.75, 3.05) is 29.1 Å². The molecule has 30 heavy (non-hydrogen) atoms. The number of rotatable bonds is 8. The van der Waals surface area contributed by atoms with Crippen molar-refractivity contribution >= 4 is 34.9 Å². The molecule has 0 aliphatic carbocycles. The van der Waals surface area contributed by atoms with Crippen LogP contribution < -0.4 is 20.7 Å². The van der Waals surface area contributed by atoms with Crippen LogP contribution in [0.25, 0.3) is 4.85 Å². The van der Waals surface area contributed by atoms with Gasteiger partial charge < -0.3 is 20.7 Å². The lowest BCUT2D eigenvalue weighted by molar-refractivity contribution is -0.114. The van der Waals surface area contributed by atoms with E-state index in [1.807, 2.05) is 19.9 Å². The zero-order valence-electron chi connectivity index (χ0n) is 16.9. The number of carbonyl (C=O) groups excluding carboxylic acids is 1. The first kappa shape index (κ1) is 20.6. The molecular formula is C20H22N8O2. The molecule has 0 atom stereocenters. The Kier molecular flexibility index (Phi) is 6.44. The minimum atomic E-state index is -0.227. The number of anilines is 4. The van der Waals surface area contributed by atoms with Crippen LogP contribution in [0.5, 0.6) is 5.75 Å². The van der Waals surface area contributed by atoms with E-state index in [1.54, 1.807) is 24.4 Å². The van der Waals surface area contributed by atoms with Gasteiger partial charge in [-0.2, -0.15) is 5.10 Å². The van der Waals surface area contributed by atoms with E-state index in [0.717, 1.165) is 11.3 Å². The standard InChI is InChI=1S/C20H22N8O2/c1-12-10-16(25-17-11-13(2)27-28-17)26-20(18(12)21-4)23-8-9-30-15-6-5-7-22-19(15)24-14(3)29/h5-7,10-11H,8-9H2,1-3H3,(H,22,24,29)(H3,23,25,26,27,28). The summed E-state index contributed by atoms with van der Waals surface area (Å²) in [6.45, 7) is 13.3. The van der Waals surface area contributed by atoms with Crippen LogP contribution in [0.15, 0.2) is 30.5 Å². The van der Waals surface area contributed by atoms with Crippen molar-refractivity contribution in [1.29, 1.82) is 0 Å². The fourth-order valence-electron chi connectivity index (χ4n) is 2.71. The van der Waals surface area contributed by atoms with Gasteiger partial charge in [0.25, 0.3) is 0 Å². The number of carbonyl (C=O) groups is 1. The van der Waals surface area contributed by atoms with Gasteiger partial charge in [-0.15, -0.1) is 0 Å². The molecule has 154 valence electrons. The number of aryl methyl sites for hydroxylation is 2. The van der Waals surface area contributed by atoms with Crippen LogP contribution in [0.3, 0.4) is 0 Å². The van der Waals surface area contributed by atoms with Crippen LogP contribution in [0.4, 0.5) is 29.0 Å². The first-order chi connectivity index (χ1) is 14.5. The molecular weight excluding hydrogens is 384 g/mol. The zero-order valence-corrected chi connectivity index (χ0v) is 16.9. The van der Waals surface area contributed by atoms with Gasteiger partial charge in [0.2, 0.25) is 11.6 Å².